The van der Waals surface area contributed by atoms with E-state index in [4.69, 9.17) is 0 Å². The predicted octanol–water partition coefficient (Wildman–Crippen LogP) is 2.17. The number of nitrogens with one attached hydrogen (secondary N) is 2. The molecule has 0 fully saturated rings. The maximum Gasteiger partial charge on any atom is 0.433 e. The Balaban J connectivity index is 2.02. The summed E-state index contributed by atoms with van der Waals surface area (Å²) in [4.78, 5) is 23.2. The Hall–Kier alpha value is -2.55. The molecule has 0 saturated heterocycles. The average Bonchev–Trinajstić information content (AvgIpc) is 2.58. The highest BCUT2D eigenvalue weighted by Crippen LogP contribution is 2.28. The number of pyridine rings is 1. The second kappa shape index (κ2) is 8.02. The molecule has 134 valence electrons. The standard InChI is InChI=1S/C16H18F3N5O/c1-10(2)20-8-15(25)22-7-12-5-13(24-9-23-12)11-3-4-14(21-6-11)16(17,18)19/h3-6,9-10,20H,7-8H2,1-2H3,(H,22,25). The Bertz CT molecular complexity index is 716. The Morgan fingerprint density at radius 1 is 1.20 bits per heavy atom. The van der Waals surface area contributed by atoms with E-state index >= 15 is 0 Å². The Labute approximate surface area is 142 Å². The van der Waals surface area contributed by atoms with Crippen LogP contribution in [0.2, 0.25) is 0 Å². The van der Waals surface area contributed by atoms with Gasteiger partial charge in [-0.05, 0) is 18.2 Å². The van der Waals surface area contributed by atoms with E-state index in [9.17, 15) is 18.0 Å². The maximum absolute atomic E-state index is 12.5. The fourth-order valence-corrected chi connectivity index (χ4v) is 1.91. The lowest BCUT2D eigenvalue weighted by Gasteiger charge is -2.09. The van der Waals surface area contributed by atoms with Crippen LogP contribution in [0.25, 0.3) is 11.3 Å². The number of carbonyl (C=O) groups is 1. The van der Waals surface area contributed by atoms with Crippen molar-refractivity contribution < 1.29 is 18.0 Å². The van der Waals surface area contributed by atoms with Gasteiger partial charge in [0.15, 0.2) is 0 Å². The lowest BCUT2D eigenvalue weighted by Crippen LogP contribution is -2.36. The van der Waals surface area contributed by atoms with E-state index in [1.165, 1.54) is 12.4 Å². The molecule has 0 unspecified atom stereocenters. The van der Waals surface area contributed by atoms with Gasteiger partial charge in [0, 0.05) is 17.8 Å². The van der Waals surface area contributed by atoms with Crippen LogP contribution in [0.5, 0.6) is 0 Å². The number of carbonyl (C=O) groups excluding carboxylic acids is 1. The van der Waals surface area contributed by atoms with Gasteiger partial charge in [0.25, 0.3) is 0 Å². The number of rotatable bonds is 6. The highest BCUT2D eigenvalue weighted by atomic mass is 19.4. The first-order valence-electron chi connectivity index (χ1n) is 7.60. The average molecular weight is 353 g/mol. The number of alkyl halides is 3. The summed E-state index contributed by atoms with van der Waals surface area (Å²) in [6, 6.07) is 3.99. The zero-order valence-electron chi connectivity index (χ0n) is 13.8. The molecule has 2 aromatic rings. The van der Waals surface area contributed by atoms with Crippen LogP contribution in [0.1, 0.15) is 25.2 Å². The minimum absolute atomic E-state index is 0.176. The lowest BCUT2D eigenvalue weighted by atomic mass is 10.1. The van der Waals surface area contributed by atoms with Crippen molar-refractivity contribution in [2.24, 2.45) is 0 Å². The van der Waals surface area contributed by atoms with E-state index in [-0.39, 0.29) is 25.0 Å². The zero-order valence-corrected chi connectivity index (χ0v) is 13.8. The largest absolute Gasteiger partial charge is 0.433 e. The van der Waals surface area contributed by atoms with Crippen LogP contribution in [0, 0.1) is 0 Å². The van der Waals surface area contributed by atoms with Crippen LogP contribution in [-0.2, 0) is 17.5 Å². The number of amides is 1. The molecule has 0 aliphatic heterocycles. The van der Waals surface area contributed by atoms with E-state index in [0.717, 1.165) is 12.3 Å². The van der Waals surface area contributed by atoms with Gasteiger partial charge in [0.2, 0.25) is 5.91 Å². The first-order chi connectivity index (χ1) is 11.8. The summed E-state index contributed by atoms with van der Waals surface area (Å²) in [6.07, 6.45) is -2.08. The van der Waals surface area contributed by atoms with Crippen molar-refractivity contribution in [2.45, 2.75) is 32.6 Å². The van der Waals surface area contributed by atoms with Gasteiger partial charge in [-0.25, -0.2) is 9.97 Å². The summed E-state index contributed by atoms with van der Waals surface area (Å²) in [7, 11) is 0. The molecule has 9 heteroatoms. The molecule has 2 rings (SSSR count). The third kappa shape index (κ3) is 5.79. The molecule has 0 spiro atoms. The molecule has 6 nitrogen and oxygen atoms in total. The van der Waals surface area contributed by atoms with Crippen LogP contribution >= 0.6 is 0 Å². The molecule has 2 N–H and O–H groups in total. The smallest absolute Gasteiger partial charge is 0.349 e. The molecule has 2 heterocycles. The van der Waals surface area contributed by atoms with E-state index < -0.39 is 11.9 Å². The number of hydrogen-bond acceptors (Lipinski definition) is 5. The van der Waals surface area contributed by atoms with Gasteiger partial charge in [0.1, 0.15) is 12.0 Å². The SMILES string of the molecule is CC(C)NCC(=O)NCc1cc(-c2ccc(C(F)(F)F)nc2)ncn1. The monoisotopic (exact) mass is 353 g/mol. The maximum atomic E-state index is 12.5. The molecule has 1 amide bonds. The molecular formula is C16H18F3N5O. The fraction of sp³-hybridized carbons (Fsp3) is 0.375. The normalized spacial score (nSPS) is 11.6. The Kier molecular flexibility index (Phi) is 6.02. The van der Waals surface area contributed by atoms with Crippen LogP contribution < -0.4 is 10.6 Å². The van der Waals surface area contributed by atoms with Gasteiger partial charge in [-0.2, -0.15) is 13.2 Å². The summed E-state index contributed by atoms with van der Waals surface area (Å²) in [5, 5.41) is 5.70. The third-order valence-electron chi connectivity index (χ3n) is 3.21. The summed E-state index contributed by atoms with van der Waals surface area (Å²) < 4.78 is 37.6. The fourth-order valence-electron chi connectivity index (χ4n) is 1.91. The van der Waals surface area contributed by atoms with Gasteiger partial charge in [-0.3, -0.25) is 9.78 Å². The van der Waals surface area contributed by atoms with Crippen molar-refractivity contribution in [3.63, 3.8) is 0 Å². The quantitative estimate of drug-likeness (QED) is 0.832. The van der Waals surface area contributed by atoms with Gasteiger partial charge < -0.3 is 10.6 Å². The molecule has 25 heavy (non-hydrogen) atoms. The minimum atomic E-state index is -4.48. The second-order valence-electron chi connectivity index (χ2n) is 5.64. The van der Waals surface area contributed by atoms with Crippen molar-refractivity contribution >= 4 is 5.91 Å². The van der Waals surface area contributed by atoms with E-state index in [2.05, 4.69) is 25.6 Å². The molecule has 0 aliphatic carbocycles. The predicted molar refractivity (Wildman–Crippen MR) is 85.3 cm³/mol. The van der Waals surface area contributed by atoms with Crippen molar-refractivity contribution in [1.82, 2.24) is 25.6 Å². The van der Waals surface area contributed by atoms with Crippen molar-refractivity contribution in [3.8, 4) is 11.3 Å². The minimum Gasteiger partial charge on any atom is -0.349 e. The van der Waals surface area contributed by atoms with Crippen molar-refractivity contribution in [1.29, 1.82) is 0 Å². The first kappa shape index (κ1) is 18.8. The summed E-state index contributed by atoms with van der Waals surface area (Å²) >= 11 is 0. The topological polar surface area (TPSA) is 79.8 Å². The molecule has 0 aliphatic rings. The molecule has 0 bridgehead atoms. The highest BCUT2D eigenvalue weighted by molar-refractivity contribution is 5.78. The van der Waals surface area contributed by atoms with E-state index in [1.54, 1.807) is 6.07 Å². The Morgan fingerprint density at radius 2 is 1.96 bits per heavy atom. The molecule has 0 aromatic carbocycles. The van der Waals surface area contributed by atoms with Gasteiger partial charge >= 0.3 is 6.18 Å². The summed E-state index contributed by atoms with van der Waals surface area (Å²) in [5.74, 6) is -0.176. The third-order valence-corrected chi connectivity index (χ3v) is 3.21. The summed E-state index contributed by atoms with van der Waals surface area (Å²) in [5.41, 5.74) is 0.448. The zero-order chi connectivity index (χ0) is 18.4. The van der Waals surface area contributed by atoms with Gasteiger partial charge in [-0.1, -0.05) is 13.8 Å². The van der Waals surface area contributed by atoms with Crippen LogP contribution in [-0.4, -0.2) is 33.4 Å². The van der Waals surface area contributed by atoms with Crippen molar-refractivity contribution in [2.75, 3.05) is 6.54 Å². The molecule has 0 atom stereocenters. The number of aromatic nitrogens is 3. The van der Waals surface area contributed by atoms with E-state index in [0.29, 0.717) is 17.0 Å². The Morgan fingerprint density at radius 3 is 2.56 bits per heavy atom. The lowest BCUT2D eigenvalue weighted by molar-refractivity contribution is -0.141. The molecular weight excluding hydrogens is 335 g/mol. The first-order valence-corrected chi connectivity index (χ1v) is 7.60. The van der Waals surface area contributed by atoms with Crippen LogP contribution in [0.4, 0.5) is 13.2 Å². The highest BCUT2D eigenvalue weighted by Gasteiger charge is 2.32. The van der Waals surface area contributed by atoms with E-state index in [1.807, 2.05) is 13.8 Å². The number of halogens is 3. The second-order valence-corrected chi connectivity index (χ2v) is 5.64. The number of nitrogens with zero attached hydrogens (tertiary/aromatic N) is 3. The number of hydrogen-bond donors (Lipinski definition) is 2. The van der Waals surface area contributed by atoms with Gasteiger partial charge in [-0.15, -0.1) is 0 Å². The molecule has 0 radical (unpaired) electrons. The van der Waals surface area contributed by atoms with Crippen LogP contribution in [0.15, 0.2) is 30.7 Å². The van der Waals surface area contributed by atoms with Crippen LogP contribution in [0.3, 0.4) is 0 Å². The molecule has 0 saturated carbocycles. The summed E-state index contributed by atoms with van der Waals surface area (Å²) in [6.45, 7) is 4.25. The van der Waals surface area contributed by atoms with Gasteiger partial charge in [0.05, 0.1) is 24.5 Å². The van der Waals surface area contributed by atoms with Crippen molar-refractivity contribution in [3.05, 3.63) is 42.1 Å². The molecule has 2 aromatic heterocycles.